The lowest BCUT2D eigenvalue weighted by atomic mass is 9.85. The zero-order valence-corrected chi connectivity index (χ0v) is 40.3. The molecule has 7 rings (SSSR count). The van der Waals surface area contributed by atoms with Crippen LogP contribution in [-0.2, 0) is 30.4 Å². The fourth-order valence-electron chi connectivity index (χ4n) is 8.55. The minimum absolute atomic E-state index is 0.124. The second-order valence-corrected chi connectivity index (χ2v) is 18.7. The highest BCUT2D eigenvalue weighted by Gasteiger charge is 2.45. The van der Waals surface area contributed by atoms with Gasteiger partial charge in [0.05, 0.1) is 51.1 Å². The summed E-state index contributed by atoms with van der Waals surface area (Å²) in [6.07, 6.45) is 12.2. The van der Waals surface area contributed by atoms with Crippen molar-refractivity contribution in [3.63, 3.8) is 0 Å². The quantitative estimate of drug-likeness (QED) is 0.0497. The van der Waals surface area contributed by atoms with Crippen molar-refractivity contribution in [2.45, 2.75) is 90.6 Å². The van der Waals surface area contributed by atoms with E-state index in [1.165, 1.54) is 16.8 Å². The highest BCUT2D eigenvalue weighted by atomic mass is 19.1. The fraction of sp³-hybridized carbons (Fsp3) is 0.423. The number of amides is 3. The Morgan fingerprint density at radius 3 is 2.43 bits per heavy atom. The van der Waals surface area contributed by atoms with E-state index in [9.17, 15) is 23.6 Å². The summed E-state index contributed by atoms with van der Waals surface area (Å²) in [6, 6.07) is 17.9. The van der Waals surface area contributed by atoms with Gasteiger partial charge in [0.2, 0.25) is 23.6 Å². The summed E-state index contributed by atoms with van der Waals surface area (Å²) in [5.74, 6) is -1.32. The van der Waals surface area contributed by atoms with Crippen molar-refractivity contribution in [2.75, 3.05) is 46.6 Å². The first-order valence-electron chi connectivity index (χ1n) is 23.7. The Balaban J connectivity index is 0.859. The van der Waals surface area contributed by atoms with Gasteiger partial charge in [-0.2, -0.15) is 5.10 Å². The Kier molecular flexibility index (Phi) is 16.9. The number of nitrogens with one attached hydrogen (secondary N) is 5. The third-order valence-electron chi connectivity index (χ3n) is 12.6. The van der Waals surface area contributed by atoms with Gasteiger partial charge in [0, 0.05) is 84.3 Å². The van der Waals surface area contributed by atoms with E-state index in [1.54, 1.807) is 43.5 Å². The zero-order valence-electron chi connectivity index (χ0n) is 40.3. The topological polar surface area (TPSA) is 190 Å². The number of rotatable bonds is 22. The Hall–Kier alpha value is -6.53. The van der Waals surface area contributed by atoms with Gasteiger partial charge in [0.1, 0.15) is 23.5 Å². The molecule has 17 heteroatoms. The van der Waals surface area contributed by atoms with Crippen LogP contribution >= 0.6 is 0 Å². The number of H-pyrrole nitrogens is 1. The number of likely N-dealkylation sites (tertiary alicyclic amines) is 1. The predicted molar refractivity (Wildman–Crippen MR) is 263 cm³/mol. The van der Waals surface area contributed by atoms with Crippen molar-refractivity contribution in [3.8, 4) is 22.3 Å². The van der Waals surface area contributed by atoms with E-state index < -0.39 is 23.5 Å². The van der Waals surface area contributed by atoms with Gasteiger partial charge in [-0.25, -0.2) is 14.1 Å². The molecule has 5 N–H and O–H groups in total. The number of benzene rings is 2. The molecule has 3 amide bonds. The number of carbonyl (C=O) groups excluding carboxylic acids is 4. The molecule has 5 heterocycles. The molecule has 0 radical (unpaired) electrons. The molecule has 1 aliphatic rings. The van der Waals surface area contributed by atoms with Gasteiger partial charge in [-0.15, -0.1) is 0 Å². The van der Waals surface area contributed by atoms with Crippen LogP contribution in [0.3, 0.4) is 0 Å². The lowest BCUT2D eigenvalue weighted by Gasteiger charge is -2.36. The Bertz CT molecular complexity index is 2670. The summed E-state index contributed by atoms with van der Waals surface area (Å²) in [5, 5.41) is 17.8. The van der Waals surface area contributed by atoms with E-state index in [0.29, 0.717) is 39.1 Å². The number of hydrogen-bond donors (Lipinski definition) is 5. The molecule has 5 atom stereocenters. The fourth-order valence-corrected chi connectivity index (χ4v) is 8.55. The van der Waals surface area contributed by atoms with Gasteiger partial charge in [0.15, 0.2) is 0 Å². The van der Waals surface area contributed by atoms with Crippen LogP contribution in [0.4, 0.5) is 4.39 Å². The zero-order chi connectivity index (χ0) is 49.1. The third kappa shape index (κ3) is 13.0. The van der Waals surface area contributed by atoms with Crippen LogP contribution in [-0.4, -0.2) is 124 Å². The third-order valence-corrected chi connectivity index (χ3v) is 12.6. The largest absolute Gasteiger partial charge is 0.379 e. The van der Waals surface area contributed by atoms with Crippen LogP contribution in [0.5, 0.6) is 0 Å². The molecule has 0 aliphatic carbocycles. The van der Waals surface area contributed by atoms with E-state index >= 15 is 0 Å². The van der Waals surface area contributed by atoms with Crippen LogP contribution in [0.25, 0.3) is 33.3 Å². The van der Waals surface area contributed by atoms with E-state index in [2.05, 4.69) is 36.3 Å². The number of ether oxygens (including phenoxy) is 2. The summed E-state index contributed by atoms with van der Waals surface area (Å²) in [6.45, 7) is 11.9. The molecular formula is C52H65FN10O6. The normalized spacial score (nSPS) is 16.4. The molecule has 1 saturated heterocycles. The smallest absolute Gasteiger partial charge is 0.249 e. The lowest BCUT2D eigenvalue weighted by molar-refractivity contribution is -0.144. The minimum atomic E-state index is -0.854. The molecule has 1 fully saturated rings. The minimum Gasteiger partial charge on any atom is -0.379 e. The molecule has 1 aliphatic heterocycles. The summed E-state index contributed by atoms with van der Waals surface area (Å²) >= 11 is 0. The van der Waals surface area contributed by atoms with Crippen molar-refractivity contribution in [1.29, 1.82) is 0 Å². The number of nitrogens with zero attached hydrogens (tertiary/aromatic N) is 5. The average Bonchev–Trinajstić information content (AvgIpc) is 4.18. The van der Waals surface area contributed by atoms with E-state index in [0.717, 1.165) is 44.4 Å². The Morgan fingerprint density at radius 1 is 0.913 bits per heavy atom. The standard InChI is InChI=1S/C52H65FN10O6/c1-7-44(36-13-9-8-10-14-36)59-50(66)45-26-41(33-62(45)51(67)47(52(3,4)5)60-49(65)34(2)54-6)55-18-21-69-23-22-68-20-17-46(64)63-32-39(28-58-63)38-25-42-43(29-57-48(42)56-27-38)37-16-19-61(31-37)30-35-12-11-15-40(53)24-35/h8-16,19,24-25,27-29,31-32,34,41,44-45,47,54-55H,7,17-18,20-23,26,30,33H2,1-6H3,(H,56,57)(H,59,66)(H,60,65)/t34-,41-,44+,45-,47?/m0/s1. The van der Waals surface area contributed by atoms with Crippen molar-refractivity contribution >= 4 is 34.7 Å². The molecule has 0 spiro atoms. The first kappa shape index (κ1) is 50.3. The van der Waals surface area contributed by atoms with Crippen molar-refractivity contribution in [1.82, 2.24) is 50.5 Å². The maximum atomic E-state index is 14.3. The van der Waals surface area contributed by atoms with Gasteiger partial charge in [-0.1, -0.05) is 70.2 Å². The number of halogens is 1. The van der Waals surface area contributed by atoms with Crippen LogP contribution in [0.2, 0.25) is 0 Å². The highest BCUT2D eigenvalue weighted by Crippen LogP contribution is 2.32. The number of carbonyl (C=O) groups is 4. The van der Waals surface area contributed by atoms with Crippen LogP contribution < -0.4 is 21.3 Å². The highest BCUT2D eigenvalue weighted by molar-refractivity contribution is 5.96. The van der Waals surface area contributed by atoms with Gasteiger partial charge < -0.3 is 45.2 Å². The number of pyridine rings is 1. The van der Waals surface area contributed by atoms with Crippen LogP contribution in [0.15, 0.2) is 104 Å². The molecule has 16 nitrogen and oxygen atoms in total. The average molecular weight is 945 g/mol. The van der Waals surface area contributed by atoms with Crippen LogP contribution in [0, 0.1) is 11.2 Å². The van der Waals surface area contributed by atoms with E-state index in [-0.39, 0.29) is 67.7 Å². The molecule has 366 valence electrons. The van der Waals surface area contributed by atoms with E-state index in [1.807, 2.05) is 99.4 Å². The first-order valence-corrected chi connectivity index (χ1v) is 23.7. The number of aromatic nitrogens is 5. The molecule has 0 saturated carbocycles. The second-order valence-electron chi connectivity index (χ2n) is 18.7. The maximum Gasteiger partial charge on any atom is 0.249 e. The molecule has 4 aromatic heterocycles. The maximum absolute atomic E-state index is 14.3. The molecular weight excluding hydrogens is 880 g/mol. The van der Waals surface area contributed by atoms with Crippen molar-refractivity contribution in [3.05, 3.63) is 121 Å². The Labute approximate surface area is 402 Å². The van der Waals surface area contributed by atoms with Crippen molar-refractivity contribution < 1.29 is 33.0 Å². The summed E-state index contributed by atoms with van der Waals surface area (Å²) < 4.78 is 28.6. The number of aromatic amines is 1. The summed E-state index contributed by atoms with van der Waals surface area (Å²) in [5.41, 5.74) is 5.49. The molecule has 6 aromatic rings. The van der Waals surface area contributed by atoms with Gasteiger partial charge >= 0.3 is 0 Å². The monoisotopic (exact) mass is 945 g/mol. The number of fused-ring (bicyclic) bond motifs is 1. The Morgan fingerprint density at radius 2 is 1.70 bits per heavy atom. The summed E-state index contributed by atoms with van der Waals surface area (Å²) in [7, 11) is 1.69. The molecule has 2 aromatic carbocycles. The SMILES string of the molecule is CC[C@@H](NC(=O)[C@@H]1C[C@H](NCCOCCOCCC(=O)n2cc(-c3cnc4[nH]cc(-c5ccn(Cc6cccc(F)c6)c5)c4c3)cn2)CN1C(=O)C(NC(=O)[C@H](C)NC)C(C)(C)C)c1ccccc1. The number of hydrogen-bond acceptors (Lipinski definition) is 10. The van der Waals surface area contributed by atoms with Gasteiger partial charge in [-0.05, 0) is 67.6 Å². The second kappa shape index (κ2) is 23.2. The van der Waals surface area contributed by atoms with Crippen molar-refractivity contribution in [2.24, 2.45) is 5.41 Å². The van der Waals surface area contributed by atoms with E-state index in [4.69, 9.17) is 9.47 Å². The summed E-state index contributed by atoms with van der Waals surface area (Å²) in [4.78, 5) is 63.9. The van der Waals surface area contributed by atoms with Gasteiger partial charge in [0.25, 0.3) is 0 Å². The first-order chi connectivity index (χ1) is 33.2. The molecule has 0 bridgehead atoms. The lowest BCUT2D eigenvalue weighted by Crippen LogP contribution is -2.59. The molecule has 1 unspecified atom stereocenters. The van der Waals surface area contributed by atoms with Gasteiger partial charge in [-0.3, -0.25) is 19.2 Å². The predicted octanol–water partition coefficient (Wildman–Crippen LogP) is 6.11. The van der Waals surface area contributed by atoms with Crippen LogP contribution in [0.1, 0.15) is 75.8 Å². The molecule has 69 heavy (non-hydrogen) atoms. The number of likely N-dealkylation sites (N-methyl/N-ethyl adjacent to an activating group) is 1.